The molecule has 0 amide bonds. The van der Waals surface area contributed by atoms with Gasteiger partial charge in [0.2, 0.25) is 10.0 Å². The molecule has 0 radical (unpaired) electrons. The van der Waals surface area contributed by atoms with Crippen LogP contribution in [0.5, 0.6) is 0 Å². The highest BCUT2D eigenvalue weighted by Gasteiger charge is 2.52. The van der Waals surface area contributed by atoms with E-state index in [1.807, 2.05) is 18.7 Å². The standard InChI is InChI=1S/C7H8Cl3NO2.C2H6/c8-7(9,10)6-11-3-1-2-4(11)5(12)13-6;1-2/h4,6H,1-3H2;1-2H3. The predicted molar refractivity (Wildman–Crippen MR) is 61.2 cm³/mol. The quantitative estimate of drug-likeness (QED) is 0.502. The molecule has 88 valence electrons. The fourth-order valence-corrected chi connectivity index (χ4v) is 2.34. The first kappa shape index (κ1) is 13.4. The van der Waals surface area contributed by atoms with E-state index in [2.05, 4.69) is 0 Å². The first-order chi connectivity index (χ1) is 7.00. The molecule has 6 heteroatoms. The van der Waals surface area contributed by atoms with E-state index in [0.29, 0.717) is 0 Å². The van der Waals surface area contributed by atoms with Crippen molar-refractivity contribution in [3.8, 4) is 0 Å². The van der Waals surface area contributed by atoms with Crippen molar-refractivity contribution in [3.63, 3.8) is 0 Å². The second kappa shape index (κ2) is 5.09. The Bertz CT molecular complexity index is 242. The van der Waals surface area contributed by atoms with Crippen molar-refractivity contribution in [1.82, 2.24) is 4.90 Å². The second-order valence-corrected chi connectivity index (χ2v) is 5.60. The van der Waals surface area contributed by atoms with E-state index >= 15 is 0 Å². The van der Waals surface area contributed by atoms with Crippen LogP contribution >= 0.6 is 34.8 Å². The molecule has 0 aromatic rings. The van der Waals surface area contributed by atoms with Crippen LogP contribution in [0.3, 0.4) is 0 Å². The normalized spacial score (nSPS) is 30.6. The van der Waals surface area contributed by atoms with Crippen molar-refractivity contribution in [2.24, 2.45) is 0 Å². The van der Waals surface area contributed by atoms with Crippen molar-refractivity contribution in [2.75, 3.05) is 6.54 Å². The van der Waals surface area contributed by atoms with Crippen molar-refractivity contribution < 1.29 is 9.53 Å². The Kier molecular flexibility index (Phi) is 4.53. The summed E-state index contributed by atoms with van der Waals surface area (Å²) >= 11 is 17.0. The van der Waals surface area contributed by atoms with Crippen molar-refractivity contribution in [1.29, 1.82) is 0 Å². The summed E-state index contributed by atoms with van der Waals surface area (Å²) in [6.07, 6.45) is 1.05. The maximum atomic E-state index is 11.3. The number of hydrogen-bond acceptors (Lipinski definition) is 3. The predicted octanol–water partition coefficient (Wildman–Crippen LogP) is 2.73. The molecule has 2 fully saturated rings. The molecular weight excluding hydrogens is 260 g/mol. The highest BCUT2D eigenvalue weighted by atomic mass is 35.6. The maximum Gasteiger partial charge on any atom is 0.325 e. The number of cyclic esters (lactones) is 1. The van der Waals surface area contributed by atoms with Crippen LogP contribution in [0.1, 0.15) is 26.7 Å². The Balaban J connectivity index is 0.000000531. The summed E-state index contributed by atoms with van der Waals surface area (Å²) < 4.78 is 3.44. The number of ether oxygens (including phenoxy) is 1. The Morgan fingerprint density at radius 3 is 2.53 bits per heavy atom. The largest absolute Gasteiger partial charge is 0.440 e. The van der Waals surface area contributed by atoms with Gasteiger partial charge in [-0.1, -0.05) is 48.7 Å². The van der Waals surface area contributed by atoms with Crippen LogP contribution in [-0.2, 0) is 9.53 Å². The molecule has 0 bridgehead atoms. The highest BCUT2D eigenvalue weighted by Crippen LogP contribution is 2.41. The zero-order valence-corrected chi connectivity index (χ0v) is 10.9. The van der Waals surface area contributed by atoms with Gasteiger partial charge in [-0.15, -0.1) is 0 Å². The summed E-state index contributed by atoms with van der Waals surface area (Å²) in [5.41, 5.74) is 0. The monoisotopic (exact) mass is 273 g/mol. The molecule has 2 rings (SSSR count). The van der Waals surface area contributed by atoms with Crippen molar-refractivity contribution in [3.05, 3.63) is 0 Å². The molecule has 2 unspecified atom stereocenters. The number of halogens is 3. The van der Waals surface area contributed by atoms with Crippen LogP contribution in [-0.4, -0.2) is 33.5 Å². The lowest BCUT2D eigenvalue weighted by molar-refractivity contribution is -0.142. The molecule has 2 atom stereocenters. The van der Waals surface area contributed by atoms with E-state index in [0.717, 1.165) is 19.4 Å². The number of alkyl halides is 3. The third kappa shape index (κ3) is 2.70. The van der Waals surface area contributed by atoms with E-state index in [1.165, 1.54) is 0 Å². The van der Waals surface area contributed by atoms with Gasteiger partial charge >= 0.3 is 5.97 Å². The molecule has 2 aliphatic heterocycles. The second-order valence-electron chi connectivity index (χ2n) is 3.23. The third-order valence-corrected chi connectivity index (χ3v) is 2.94. The fraction of sp³-hybridized carbons (Fsp3) is 0.889. The smallest absolute Gasteiger partial charge is 0.325 e. The maximum absolute atomic E-state index is 11.3. The van der Waals surface area contributed by atoms with Crippen molar-refractivity contribution >= 4 is 40.8 Å². The zero-order valence-electron chi connectivity index (χ0n) is 8.67. The zero-order chi connectivity index (χ0) is 11.6. The van der Waals surface area contributed by atoms with Crippen LogP contribution < -0.4 is 0 Å². The van der Waals surface area contributed by atoms with Gasteiger partial charge in [0, 0.05) is 6.54 Å². The summed E-state index contributed by atoms with van der Waals surface area (Å²) in [4.78, 5) is 13.1. The molecular formula is C9H14Cl3NO2. The molecule has 0 aliphatic carbocycles. The lowest BCUT2D eigenvalue weighted by Crippen LogP contribution is -2.41. The fourth-order valence-electron chi connectivity index (χ4n) is 1.83. The van der Waals surface area contributed by atoms with Crippen LogP contribution in [0.2, 0.25) is 0 Å². The summed E-state index contributed by atoms with van der Waals surface area (Å²) in [6, 6.07) is -0.194. The molecule has 15 heavy (non-hydrogen) atoms. The van der Waals surface area contributed by atoms with E-state index in [9.17, 15) is 4.79 Å². The first-order valence-corrected chi connectivity index (χ1v) is 6.16. The number of fused-ring (bicyclic) bond motifs is 1. The van der Waals surface area contributed by atoms with Gasteiger partial charge in [-0.25, -0.2) is 0 Å². The molecule has 2 heterocycles. The van der Waals surface area contributed by atoms with Crippen LogP contribution in [0.4, 0.5) is 0 Å². The van der Waals surface area contributed by atoms with Crippen molar-refractivity contribution in [2.45, 2.75) is 42.8 Å². The average Bonchev–Trinajstić information content (AvgIpc) is 2.72. The SMILES string of the molecule is CC.O=C1OC(C(Cl)(Cl)Cl)N2CCCC12. The van der Waals surface area contributed by atoms with Gasteiger partial charge in [0.05, 0.1) is 0 Å². The molecule has 2 aliphatic rings. The molecule has 3 nitrogen and oxygen atoms in total. The summed E-state index contributed by atoms with van der Waals surface area (Å²) in [5, 5.41) is 0. The minimum absolute atomic E-state index is 0.194. The van der Waals surface area contributed by atoms with Gasteiger partial charge in [-0.2, -0.15) is 0 Å². The van der Waals surface area contributed by atoms with Gasteiger partial charge in [0.25, 0.3) is 0 Å². The van der Waals surface area contributed by atoms with Gasteiger partial charge in [-0.3, -0.25) is 9.69 Å². The molecule has 0 saturated carbocycles. The Labute approximate surface area is 105 Å². The number of esters is 1. The Hall–Kier alpha value is 0.300. The molecule has 0 N–H and O–H groups in total. The summed E-state index contributed by atoms with van der Waals surface area (Å²) in [5.74, 6) is -0.270. The van der Waals surface area contributed by atoms with Gasteiger partial charge < -0.3 is 4.74 Å². The topological polar surface area (TPSA) is 29.5 Å². The van der Waals surface area contributed by atoms with E-state index in [4.69, 9.17) is 39.5 Å². The summed E-state index contributed by atoms with van der Waals surface area (Å²) in [6.45, 7) is 4.76. The molecule has 0 spiro atoms. The molecule has 0 aromatic heterocycles. The van der Waals surface area contributed by atoms with E-state index in [1.54, 1.807) is 0 Å². The number of carbonyl (C=O) groups is 1. The lowest BCUT2D eigenvalue weighted by atomic mass is 10.2. The number of rotatable bonds is 0. The minimum atomic E-state index is -1.55. The van der Waals surface area contributed by atoms with Crippen LogP contribution in [0.25, 0.3) is 0 Å². The lowest BCUT2D eigenvalue weighted by Gasteiger charge is -2.25. The average molecular weight is 275 g/mol. The van der Waals surface area contributed by atoms with Gasteiger partial charge in [0.15, 0.2) is 0 Å². The Morgan fingerprint density at radius 2 is 2.00 bits per heavy atom. The first-order valence-electron chi connectivity index (χ1n) is 5.03. The Morgan fingerprint density at radius 1 is 1.40 bits per heavy atom. The van der Waals surface area contributed by atoms with E-state index < -0.39 is 10.0 Å². The molecule has 0 aromatic carbocycles. The summed E-state index contributed by atoms with van der Waals surface area (Å²) in [7, 11) is 0. The number of nitrogens with zero attached hydrogens (tertiary/aromatic N) is 1. The number of carbonyl (C=O) groups excluding carboxylic acids is 1. The van der Waals surface area contributed by atoms with Gasteiger partial charge in [-0.05, 0) is 12.8 Å². The molecule has 2 saturated heterocycles. The third-order valence-electron chi connectivity index (χ3n) is 2.38. The highest BCUT2D eigenvalue weighted by molar-refractivity contribution is 6.68. The van der Waals surface area contributed by atoms with E-state index in [-0.39, 0.29) is 12.0 Å². The van der Waals surface area contributed by atoms with Crippen LogP contribution in [0, 0.1) is 0 Å². The number of hydrogen-bond donors (Lipinski definition) is 0. The minimum Gasteiger partial charge on any atom is -0.440 e. The van der Waals surface area contributed by atoms with Crippen LogP contribution in [0.15, 0.2) is 0 Å². The van der Waals surface area contributed by atoms with Gasteiger partial charge in [0.1, 0.15) is 6.04 Å².